The van der Waals surface area contributed by atoms with Crippen molar-refractivity contribution in [2.45, 2.75) is 26.4 Å². The van der Waals surface area contributed by atoms with Gasteiger partial charge in [0.25, 0.3) is 5.91 Å². The van der Waals surface area contributed by atoms with Crippen LogP contribution < -0.4 is 10.6 Å². The van der Waals surface area contributed by atoms with E-state index in [1.807, 2.05) is 56.3 Å². The minimum Gasteiger partial charge on any atom is -0.467 e. The topological polar surface area (TPSA) is 70.7 Å². The van der Waals surface area contributed by atoms with Gasteiger partial charge in [-0.3, -0.25) is 4.79 Å². The van der Waals surface area contributed by atoms with Crippen LogP contribution in [0.1, 0.15) is 29.8 Å². The number of methoxy groups -OCH3 is 1. The van der Waals surface area contributed by atoms with E-state index in [1.54, 1.807) is 17.0 Å². The lowest BCUT2D eigenvalue weighted by atomic mass is 10.0. The Labute approximate surface area is 209 Å². The van der Waals surface area contributed by atoms with Gasteiger partial charge in [-0.1, -0.05) is 38.1 Å². The molecule has 0 fully saturated rings. The second kappa shape index (κ2) is 10.2. The molecule has 3 aromatic carbocycles. The molecule has 0 saturated heterocycles. The highest BCUT2D eigenvalue weighted by Gasteiger charge is 2.38. The number of fused-ring (bicyclic) bond motifs is 1. The van der Waals surface area contributed by atoms with E-state index in [0.29, 0.717) is 22.9 Å². The molecule has 0 aromatic heterocycles. The Morgan fingerprint density at radius 1 is 1.00 bits per heavy atom. The summed E-state index contributed by atoms with van der Waals surface area (Å²) in [5.41, 5.74) is 4.77. The Morgan fingerprint density at radius 3 is 2.34 bits per heavy atom. The molecule has 1 aliphatic heterocycles. The van der Waals surface area contributed by atoms with Crippen molar-refractivity contribution in [2.24, 2.45) is 5.92 Å². The third-order valence-electron chi connectivity index (χ3n) is 5.91. The molecule has 0 saturated carbocycles. The fourth-order valence-corrected chi connectivity index (χ4v) is 4.47. The van der Waals surface area contributed by atoms with Crippen molar-refractivity contribution >= 4 is 40.6 Å². The molecule has 0 aliphatic carbocycles. The first-order chi connectivity index (χ1) is 16.8. The SMILES string of the molecule is COC(=O)[C@H](C(C)C)N1Cc2cc(-c3ccc(NC(=S)Nc4cccc(F)c4)cc3)ccc2C1=O. The van der Waals surface area contributed by atoms with Crippen molar-refractivity contribution in [3.63, 3.8) is 0 Å². The van der Waals surface area contributed by atoms with Crippen LogP contribution in [-0.4, -0.2) is 35.0 Å². The molecule has 2 N–H and O–H groups in total. The van der Waals surface area contributed by atoms with Gasteiger partial charge in [-0.15, -0.1) is 0 Å². The summed E-state index contributed by atoms with van der Waals surface area (Å²) in [6.07, 6.45) is 0. The number of hydrogen-bond donors (Lipinski definition) is 2. The molecular weight excluding hydrogens is 465 g/mol. The minimum atomic E-state index is -0.626. The molecule has 35 heavy (non-hydrogen) atoms. The van der Waals surface area contributed by atoms with E-state index in [4.69, 9.17) is 17.0 Å². The maximum absolute atomic E-state index is 13.4. The van der Waals surface area contributed by atoms with E-state index in [0.717, 1.165) is 22.4 Å². The van der Waals surface area contributed by atoms with Crippen LogP contribution in [0.4, 0.5) is 15.8 Å². The van der Waals surface area contributed by atoms with Gasteiger partial charge in [-0.05, 0) is 77.3 Å². The van der Waals surface area contributed by atoms with Crippen LogP contribution >= 0.6 is 12.2 Å². The number of carbonyl (C=O) groups is 2. The van der Waals surface area contributed by atoms with Crippen LogP contribution in [0.25, 0.3) is 11.1 Å². The summed E-state index contributed by atoms with van der Waals surface area (Å²) in [6, 6.07) is 18.8. The summed E-state index contributed by atoms with van der Waals surface area (Å²) in [5.74, 6) is -0.975. The van der Waals surface area contributed by atoms with Crippen LogP contribution in [0.5, 0.6) is 0 Å². The molecule has 180 valence electrons. The lowest BCUT2D eigenvalue weighted by molar-refractivity contribution is -0.147. The maximum Gasteiger partial charge on any atom is 0.328 e. The number of benzene rings is 3. The molecule has 0 radical (unpaired) electrons. The predicted molar refractivity (Wildman–Crippen MR) is 139 cm³/mol. The summed E-state index contributed by atoms with van der Waals surface area (Å²) in [6.45, 7) is 4.16. The Hall–Kier alpha value is -3.78. The van der Waals surface area contributed by atoms with Crippen LogP contribution in [0.15, 0.2) is 66.7 Å². The zero-order valence-corrected chi connectivity index (χ0v) is 20.5. The minimum absolute atomic E-state index is 0.0679. The van der Waals surface area contributed by atoms with Crippen molar-refractivity contribution in [3.05, 3.63) is 83.7 Å². The number of halogens is 1. The second-order valence-electron chi connectivity index (χ2n) is 8.68. The summed E-state index contributed by atoms with van der Waals surface area (Å²) in [4.78, 5) is 26.9. The Bertz CT molecular complexity index is 1280. The number of rotatable bonds is 6. The third-order valence-corrected chi connectivity index (χ3v) is 6.11. The Kier molecular flexibility index (Phi) is 7.12. The number of nitrogens with zero attached hydrogens (tertiary/aromatic N) is 1. The standard InChI is InChI=1S/C27H26FN3O3S/c1-16(2)24(26(33)34-3)31-15-19-13-18(9-12-23(19)25(31)32)17-7-10-21(11-8-17)29-27(35)30-22-6-4-5-20(28)14-22/h4-14,16,24H,15H2,1-3H3,(H2,29,30,35)/t24-/m0/s1. The van der Waals surface area contributed by atoms with Gasteiger partial charge >= 0.3 is 5.97 Å². The number of amides is 1. The predicted octanol–water partition coefficient (Wildman–Crippen LogP) is 5.46. The van der Waals surface area contributed by atoms with Gasteiger partial charge in [0, 0.05) is 23.5 Å². The highest BCUT2D eigenvalue weighted by atomic mass is 32.1. The number of carbonyl (C=O) groups excluding carboxylic acids is 2. The van der Waals surface area contributed by atoms with Crippen LogP contribution in [0.2, 0.25) is 0 Å². The molecule has 1 atom stereocenters. The van der Waals surface area contributed by atoms with Crippen molar-refractivity contribution < 1.29 is 18.7 Å². The normalized spacial score (nSPS) is 13.4. The fourth-order valence-electron chi connectivity index (χ4n) is 4.23. The molecule has 8 heteroatoms. The first kappa shape index (κ1) is 24.3. The Balaban J connectivity index is 1.46. The molecule has 0 spiro atoms. The van der Waals surface area contributed by atoms with Crippen LogP contribution in [-0.2, 0) is 16.1 Å². The summed E-state index contributed by atoms with van der Waals surface area (Å²) in [7, 11) is 1.34. The number of thiocarbonyl (C=S) groups is 1. The summed E-state index contributed by atoms with van der Waals surface area (Å²) >= 11 is 5.32. The summed E-state index contributed by atoms with van der Waals surface area (Å²) in [5, 5.41) is 6.39. The molecule has 6 nitrogen and oxygen atoms in total. The van der Waals surface area contributed by atoms with Gasteiger partial charge in [0.05, 0.1) is 7.11 Å². The van der Waals surface area contributed by atoms with Gasteiger partial charge in [0.2, 0.25) is 0 Å². The number of esters is 1. The molecule has 0 unspecified atom stereocenters. The molecule has 4 rings (SSSR count). The van der Waals surface area contributed by atoms with Crippen LogP contribution in [0.3, 0.4) is 0 Å². The molecule has 0 bridgehead atoms. The van der Waals surface area contributed by atoms with E-state index in [1.165, 1.54) is 19.2 Å². The van der Waals surface area contributed by atoms with Gasteiger partial charge in [0.15, 0.2) is 5.11 Å². The zero-order chi connectivity index (χ0) is 25.1. The van der Waals surface area contributed by atoms with Gasteiger partial charge in [-0.25, -0.2) is 9.18 Å². The first-order valence-corrected chi connectivity index (χ1v) is 11.6. The quantitative estimate of drug-likeness (QED) is 0.353. The summed E-state index contributed by atoms with van der Waals surface area (Å²) < 4.78 is 18.3. The largest absolute Gasteiger partial charge is 0.467 e. The zero-order valence-electron chi connectivity index (χ0n) is 19.7. The van der Waals surface area contributed by atoms with E-state index in [9.17, 15) is 14.0 Å². The van der Waals surface area contributed by atoms with Crippen molar-refractivity contribution in [1.82, 2.24) is 4.90 Å². The highest BCUT2D eigenvalue weighted by molar-refractivity contribution is 7.80. The third kappa shape index (κ3) is 5.33. The maximum atomic E-state index is 13.4. The number of hydrogen-bond acceptors (Lipinski definition) is 4. The monoisotopic (exact) mass is 491 g/mol. The first-order valence-electron chi connectivity index (χ1n) is 11.2. The average molecular weight is 492 g/mol. The van der Waals surface area contributed by atoms with Gasteiger partial charge < -0.3 is 20.3 Å². The average Bonchev–Trinajstić information content (AvgIpc) is 3.14. The van der Waals surface area contributed by atoms with Crippen molar-refractivity contribution in [3.8, 4) is 11.1 Å². The lowest BCUT2D eigenvalue weighted by Crippen LogP contribution is -2.45. The molecule has 1 amide bonds. The smallest absolute Gasteiger partial charge is 0.328 e. The van der Waals surface area contributed by atoms with E-state index in [-0.39, 0.29) is 17.6 Å². The van der Waals surface area contributed by atoms with Crippen molar-refractivity contribution in [1.29, 1.82) is 0 Å². The Morgan fingerprint density at radius 2 is 1.69 bits per heavy atom. The molecular formula is C27H26FN3O3S. The van der Waals surface area contributed by atoms with Gasteiger partial charge in [0.1, 0.15) is 11.9 Å². The molecule has 3 aromatic rings. The molecule has 1 aliphatic rings. The van der Waals surface area contributed by atoms with E-state index >= 15 is 0 Å². The molecule has 1 heterocycles. The van der Waals surface area contributed by atoms with E-state index < -0.39 is 12.0 Å². The van der Waals surface area contributed by atoms with E-state index in [2.05, 4.69) is 10.6 Å². The van der Waals surface area contributed by atoms with Gasteiger partial charge in [-0.2, -0.15) is 0 Å². The number of nitrogens with one attached hydrogen (secondary N) is 2. The highest BCUT2D eigenvalue weighted by Crippen LogP contribution is 2.32. The second-order valence-corrected chi connectivity index (χ2v) is 9.09. The number of ether oxygens (including phenoxy) is 1. The lowest BCUT2D eigenvalue weighted by Gasteiger charge is -2.28. The fraction of sp³-hybridized carbons (Fsp3) is 0.222. The van der Waals surface area contributed by atoms with Crippen LogP contribution in [0, 0.1) is 11.7 Å². The number of anilines is 2. The van der Waals surface area contributed by atoms with Crippen molar-refractivity contribution in [2.75, 3.05) is 17.7 Å².